The van der Waals surface area contributed by atoms with Crippen LogP contribution in [0.1, 0.15) is 16.1 Å². The molecule has 1 rings (SSSR count). The monoisotopic (exact) mass is 224 g/mol. The van der Waals surface area contributed by atoms with Crippen LogP contribution in [0, 0.1) is 13.0 Å². The summed E-state index contributed by atoms with van der Waals surface area (Å²) in [5.74, 6) is -0.517. The zero-order chi connectivity index (χ0) is 7.56. The van der Waals surface area contributed by atoms with Crippen LogP contribution in [0.3, 0.4) is 0 Å². The SMILES string of the molecule is Cc1[c-]cc(C(N)=O)nc1.[Y]. The molecule has 0 saturated carbocycles. The number of aryl methyl sites for hydroxylation is 1. The Morgan fingerprint density at radius 2 is 2.36 bits per heavy atom. The van der Waals surface area contributed by atoms with Gasteiger partial charge in [-0.2, -0.15) is 6.07 Å². The first-order valence-electron chi connectivity index (χ1n) is 2.84. The van der Waals surface area contributed by atoms with Gasteiger partial charge in [0.1, 0.15) is 0 Å². The molecule has 11 heavy (non-hydrogen) atoms. The number of pyridine rings is 1. The fourth-order valence-electron chi connectivity index (χ4n) is 0.558. The molecule has 4 heteroatoms. The van der Waals surface area contributed by atoms with Crippen LogP contribution in [0.5, 0.6) is 0 Å². The summed E-state index contributed by atoms with van der Waals surface area (Å²) in [5, 5.41) is 0. The van der Waals surface area contributed by atoms with Gasteiger partial charge in [0.2, 0.25) is 5.91 Å². The molecule has 0 unspecified atom stereocenters. The fourth-order valence-corrected chi connectivity index (χ4v) is 0.558. The number of rotatable bonds is 1. The van der Waals surface area contributed by atoms with Gasteiger partial charge in [0.05, 0.1) is 0 Å². The minimum atomic E-state index is -0.517. The largest absolute Gasteiger partial charge is 0.378 e. The third kappa shape index (κ3) is 3.08. The van der Waals surface area contributed by atoms with E-state index in [1.54, 1.807) is 6.20 Å². The van der Waals surface area contributed by atoms with Gasteiger partial charge in [-0.25, -0.2) is 0 Å². The number of nitrogens with two attached hydrogens (primary N) is 1. The second-order valence-corrected chi connectivity index (χ2v) is 1.98. The van der Waals surface area contributed by atoms with E-state index in [1.807, 2.05) is 6.92 Å². The van der Waals surface area contributed by atoms with Crippen molar-refractivity contribution in [3.05, 3.63) is 29.6 Å². The number of carbonyl (C=O) groups is 1. The van der Waals surface area contributed by atoms with Gasteiger partial charge < -0.3 is 10.7 Å². The average molecular weight is 224 g/mol. The van der Waals surface area contributed by atoms with E-state index in [0.29, 0.717) is 0 Å². The van der Waals surface area contributed by atoms with Crippen molar-refractivity contribution in [3.63, 3.8) is 0 Å². The summed E-state index contributed by atoms with van der Waals surface area (Å²) in [6, 6.07) is 4.30. The van der Waals surface area contributed by atoms with Crippen molar-refractivity contribution in [1.29, 1.82) is 0 Å². The molecule has 1 aromatic heterocycles. The molecule has 0 aliphatic rings. The summed E-state index contributed by atoms with van der Waals surface area (Å²) < 4.78 is 0. The normalized spacial score (nSPS) is 8.45. The van der Waals surface area contributed by atoms with Crippen molar-refractivity contribution in [3.8, 4) is 0 Å². The van der Waals surface area contributed by atoms with E-state index in [2.05, 4.69) is 11.1 Å². The molecule has 0 atom stereocenters. The Hall–Kier alpha value is -0.276. The van der Waals surface area contributed by atoms with Crippen LogP contribution in [0.2, 0.25) is 0 Å². The first-order chi connectivity index (χ1) is 4.70. The van der Waals surface area contributed by atoms with Crippen LogP contribution >= 0.6 is 0 Å². The number of carbonyl (C=O) groups excluding carboxylic acids is 1. The van der Waals surface area contributed by atoms with Crippen LogP contribution in [-0.4, -0.2) is 10.9 Å². The van der Waals surface area contributed by atoms with Crippen LogP contribution in [0.25, 0.3) is 0 Å². The molecule has 0 bridgehead atoms. The van der Waals surface area contributed by atoms with Crippen molar-refractivity contribution in [2.24, 2.45) is 5.73 Å². The average Bonchev–Trinajstić information content (AvgIpc) is 1.88. The molecule has 55 valence electrons. The van der Waals surface area contributed by atoms with Crippen molar-refractivity contribution in [2.75, 3.05) is 0 Å². The molecular weight excluding hydrogens is 217 g/mol. The van der Waals surface area contributed by atoms with E-state index in [1.165, 1.54) is 6.07 Å². The van der Waals surface area contributed by atoms with Gasteiger partial charge in [-0.15, -0.1) is 11.6 Å². The summed E-state index contributed by atoms with van der Waals surface area (Å²) in [6.45, 7) is 1.85. The van der Waals surface area contributed by atoms with E-state index in [4.69, 9.17) is 5.73 Å². The van der Waals surface area contributed by atoms with Gasteiger partial charge >= 0.3 is 0 Å². The van der Waals surface area contributed by atoms with Crippen LogP contribution in [-0.2, 0) is 32.7 Å². The first kappa shape index (κ1) is 10.7. The summed E-state index contributed by atoms with van der Waals surface area (Å²) in [7, 11) is 0. The smallest absolute Gasteiger partial charge is 0.210 e. The molecule has 1 aromatic rings. The first-order valence-corrected chi connectivity index (χ1v) is 2.84. The maximum Gasteiger partial charge on any atom is 0.210 e. The zero-order valence-corrected chi connectivity index (χ0v) is 9.00. The van der Waals surface area contributed by atoms with Gasteiger partial charge in [0.15, 0.2) is 0 Å². The Morgan fingerprint density at radius 3 is 2.73 bits per heavy atom. The van der Waals surface area contributed by atoms with Gasteiger partial charge in [-0.3, -0.25) is 4.79 Å². The van der Waals surface area contributed by atoms with Gasteiger partial charge in [-0.1, -0.05) is 13.1 Å². The number of amides is 1. The van der Waals surface area contributed by atoms with E-state index >= 15 is 0 Å². The Labute approximate surface area is 90.3 Å². The maximum atomic E-state index is 10.5. The van der Waals surface area contributed by atoms with Crippen molar-refractivity contribution in [1.82, 2.24) is 4.98 Å². The summed E-state index contributed by atoms with van der Waals surface area (Å²) >= 11 is 0. The summed E-state index contributed by atoms with van der Waals surface area (Å²) in [4.78, 5) is 14.2. The van der Waals surface area contributed by atoms with Crippen molar-refractivity contribution in [2.45, 2.75) is 6.92 Å². The predicted molar refractivity (Wildman–Crippen MR) is 36.3 cm³/mol. The fraction of sp³-hybridized carbons (Fsp3) is 0.143. The maximum absolute atomic E-state index is 10.5. The number of nitrogens with zero attached hydrogens (tertiary/aromatic N) is 1. The zero-order valence-electron chi connectivity index (χ0n) is 6.16. The molecule has 1 amide bonds. The molecule has 0 aliphatic carbocycles. The number of hydrogen-bond donors (Lipinski definition) is 1. The van der Waals surface area contributed by atoms with Gasteiger partial charge in [0.25, 0.3) is 0 Å². The van der Waals surface area contributed by atoms with Crippen molar-refractivity contribution < 1.29 is 37.5 Å². The minimum absolute atomic E-state index is 0. The number of primary amides is 1. The second kappa shape index (κ2) is 4.57. The number of hydrogen-bond acceptors (Lipinski definition) is 2. The molecule has 0 aliphatic heterocycles. The van der Waals surface area contributed by atoms with Crippen molar-refractivity contribution >= 4 is 5.91 Å². The van der Waals surface area contributed by atoms with Crippen LogP contribution < -0.4 is 5.73 Å². The molecule has 1 radical (unpaired) electrons. The van der Waals surface area contributed by atoms with E-state index in [0.717, 1.165) is 5.56 Å². The second-order valence-electron chi connectivity index (χ2n) is 1.98. The summed E-state index contributed by atoms with van der Waals surface area (Å²) in [5.41, 5.74) is 6.09. The van der Waals surface area contributed by atoms with E-state index in [9.17, 15) is 4.79 Å². The van der Waals surface area contributed by atoms with Crippen LogP contribution in [0.4, 0.5) is 0 Å². The quantitative estimate of drug-likeness (QED) is 0.697. The van der Waals surface area contributed by atoms with Gasteiger partial charge in [0, 0.05) is 38.4 Å². The molecular formula is C7H7N2OY-. The Morgan fingerprint density at radius 1 is 1.73 bits per heavy atom. The molecule has 1 heterocycles. The van der Waals surface area contributed by atoms with Gasteiger partial charge in [-0.05, 0) is 0 Å². The summed E-state index contributed by atoms with van der Waals surface area (Å²) in [6.07, 6.45) is 1.56. The topological polar surface area (TPSA) is 56.0 Å². The molecule has 0 spiro atoms. The Kier molecular flexibility index (Phi) is 4.46. The Bertz CT molecular complexity index is 245. The third-order valence-electron chi connectivity index (χ3n) is 1.09. The van der Waals surface area contributed by atoms with E-state index in [-0.39, 0.29) is 38.4 Å². The molecule has 2 N–H and O–H groups in total. The molecule has 0 saturated heterocycles. The van der Waals surface area contributed by atoms with E-state index < -0.39 is 5.91 Å². The standard InChI is InChI=1S/C7H7N2O.Y/c1-5-2-3-6(7(8)10)9-4-5;/h3-4H,1H3,(H2,8,10);/q-1;. The molecule has 3 nitrogen and oxygen atoms in total. The third-order valence-corrected chi connectivity index (χ3v) is 1.09. The Balaban J connectivity index is 0.000001000. The van der Waals surface area contributed by atoms with Crippen LogP contribution in [0.15, 0.2) is 12.3 Å². The number of aromatic nitrogens is 1. The predicted octanol–water partition coefficient (Wildman–Crippen LogP) is 0.287. The molecule has 0 aromatic carbocycles. The molecule has 0 fully saturated rings. The minimum Gasteiger partial charge on any atom is -0.378 e.